The van der Waals surface area contributed by atoms with E-state index < -0.39 is 0 Å². The summed E-state index contributed by atoms with van der Waals surface area (Å²) < 4.78 is 12.8. The average Bonchev–Trinajstić information content (AvgIpc) is 2.85. The van der Waals surface area contributed by atoms with Crippen LogP contribution in [0.15, 0.2) is 24.3 Å². The number of benzene rings is 1. The highest BCUT2D eigenvalue weighted by Crippen LogP contribution is 2.09. The second kappa shape index (κ2) is 5.96. The smallest absolute Gasteiger partial charge is 0.224 e. The minimum atomic E-state index is -0.229. The molecule has 0 radical (unpaired) electrons. The van der Waals surface area contributed by atoms with Gasteiger partial charge in [-0.2, -0.15) is 0 Å². The molecule has 0 aliphatic carbocycles. The molecule has 18 heavy (non-hydrogen) atoms. The lowest BCUT2D eigenvalue weighted by Gasteiger charge is -2.16. The quantitative estimate of drug-likeness (QED) is 0.850. The first kappa shape index (κ1) is 13.0. The van der Waals surface area contributed by atoms with Crippen molar-refractivity contribution < 1.29 is 9.18 Å². The lowest BCUT2D eigenvalue weighted by Crippen LogP contribution is -2.39. The Morgan fingerprint density at radius 3 is 2.83 bits per heavy atom. The number of amides is 1. The fraction of sp³-hybridized carbons (Fsp3) is 0.500. The van der Waals surface area contributed by atoms with Crippen LogP contribution in [0.3, 0.4) is 0 Å². The predicted octanol–water partition coefficient (Wildman–Crippen LogP) is 1.48. The molecular weight excluding hydrogens is 231 g/mol. The maximum atomic E-state index is 12.8. The molecule has 2 rings (SSSR count). The minimum absolute atomic E-state index is 0.0727. The van der Waals surface area contributed by atoms with Crippen LogP contribution in [0.2, 0.25) is 0 Å². The Morgan fingerprint density at radius 1 is 1.50 bits per heavy atom. The maximum absolute atomic E-state index is 12.8. The van der Waals surface area contributed by atoms with E-state index in [0.717, 1.165) is 31.5 Å². The number of hydrogen-bond donors (Lipinski definition) is 2. The van der Waals surface area contributed by atoms with E-state index in [2.05, 4.69) is 10.6 Å². The van der Waals surface area contributed by atoms with Gasteiger partial charge < -0.3 is 10.6 Å². The molecule has 1 amide bonds. The number of carbonyl (C=O) groups is 1. The predicted molar refractivity (Wildman–Crippen MR) is 68.7 cm³/mol. The summed E-state index contributed by atoms with van der Waals surface area (Å²) in [7, 11) is 0. The molecule has 3 nitrogen and oxygen atoms in total. The molecule has 1 saturated heterocycles. The van der Waals surface area contributed by atoms with Gasteiger partial charge in [-0.1, -0.05) is 12.1 Å². The molecule has 0 bridgehead atoms. The largest absolute Gasteiger partial charge is 0.353 e. The van der Waals surface area contributed by atoms with Crippen molar-refractivity contribution in [3.05, 3.63) is 35.6 Å². The molecule has 1 aromatic rings. The van der Waals surface area contributed by atoms with E-state index in [4.69, 9.17) is 0 Å². The highest BCUT2D eigenvalue weighted by atomic mass is 19.1. The van der Waals surface area contributed by atoms with Crippen molar-refractivity contribution in [2.45, 2.75) is 25.8 Å². The third-order valence-electron chi connectivity index (χ3n) is 3.27. The number of nitrogens with one attached hydrogen (secondary N) is 2. The Morgan fingerprint density at radius 2 is 2.22 bits per heavy atom. The van der Waals surface area contributed by atoms with Crippen LogP contribution in [0, 0.1) is 11.7 Å². The third kappa shape index (κ3) is 3.53. The van der Waals surface area contributed by atoms with Crippen LogP contribution >= 0.6 is 0 Å². The van der Waals surface area contributed by atoms with Crippen molar-refractivity contribution in [1.82, 2.24) is 10.6 Å². The van der Waals surface area contributed by atoms with E-state index >= 15 is 0 Å². The summed E-state index contributed by atoms with van der Waals surface area (Å²) >= 11 is 0. The molecule has 1 aliphatic heterocycles. The maximum Gasteiger partial charge on any atom is 0.224 e. The zero-order valence-corrected chi connectivity index (χ0v) is 10.6. The van der Waals surface area contributed by atoms with Crippen LogP contribution in [0.1, 0.15) is 18.9 Å². The number of hydrogen-bond acceptors (Lipinski definition) is 2. The van der Waals surface area contributed by atoms with Gasteiger partial charge in [-0.25, -0.2) is 4.39 Å². The lowest BCUT2D eigenvalue weighted by atomic mass is 10.0. The third-order valence-corrected chi connectivity index (χ3v) is 3.27. The standard InChI is InChI=1S/C14H19FN2O/c1-10(8-11-2-4-13(15)5-3-11)17-14(18)12-6-7-16-9-12/h2-5,10,12,16H,6-9H2,1H3,(H,17,18). The van der Waals surface area contributed by atoms with Crippen LogP contribution in [-0.4, -0.2) is 25.0 Å². The summed E-state index contributed by atoms with van der Waals surface area (Å²) in [6.45, 7) is 3.67. The van der Waals surface area contributed by atoms with Gasteiger partial charge in [-0.05, 0) is 44.0 Å². The molecule has 2 unspecified atom stereocenters. The SMILES string of the molecule is CC(Cc1ccc(F)cc1)NC(=O)C1CCNC1. The normalized spacial score (nSPS) is 20.7. The second-order valence-electron chi connectivity index (χ2n) is 4.93. The first-order chi connectivity index (χ1) is 8.65. The topological polar surface area (TPSA) is 41.1 Å². The van der Waals surface area contributed by atoms with Crippen molar-refractivity contribution in [3.8, 4) is 0 Å². The van der Waals surface area contributed by atoms with Crippen LogP contribution in [0.25, 0.3) is 0 Å². The van der Waals surface area contributed by atoms with E-state index in [1.165, 1.54) is 12.1 Å². The zero-order chi connectivity index (χ0) is 13.0. The van der Waals surface area contributed by atoms with E-state index in [-0.39, 0.29) is 23.7 Å². The van der Waals surface area contributed by atoms with Crippen molar-refractivity contribution in [3.63, 3.8) is 0 Å². The monoisotopic (exact) mass is 250 g/mol. The summed E-state index contributed by atoms with van der Waals surface area (Å²) in [6.07, 6.45) is 1.64. The van der Waals surface area contributed by atoms with Crippen molar-refractivity contribution >= 4 is 5.91 Å². The van der Waals surface area contributed by atoms with Crippen LogP contribution in [0.5, 0.6) is 0 Å². The van der Waals surface area contributed by atoms with Gasteiger partial charge in [0.25, 0.3) is 0 Å². The van der Waals surface area contributed by atoms with Gasteiger partial charge in [0.2, 0.25) is 5.91 Å². The highest BCUT2D eigenvalue weighted by Gasteiger charge is 2.23. The fourth-order valence-corrected chi connectivity index (χ4v) is 2.26. The second-order valence-corrected chi connectivity index (χ2v) is 4.93. The van der Waals surface area contributed by atoms with E-state index in [1.54, 1.807) is 12.1 Å². The first-order valence-electron chi connectivity index (χ1n) is 6.40. The first-order valence-corrected chi connectivity index (χ1v) is 6.40. The van der Waals surface area contributed by atoms with Gasteiger partial charge in [0.15, 0.2) is 0 Å². The Hall–Kier alpha value is -1.42. The van der Waals surface area contributed by atoms with Gasteiger partial charge in [-0.3, -0.25) is 4.79 Å². The summed E-state index contributed by atoms with van der Waals surface area (Å²) in [5, 5.41) is 6.19. The van der Waals surface area contributed by atoms with Crippen molar-refractivity contribution in [2.75, 3.05) is 13.1 Å². The van der Waals surface area contributed by atoms with E-state index in [0.29, 0.717) is 0 Å². The molecule has 0 saturated carbocycles. The molecule has 4 heteroatoms. The minimum Gasteiger partial charge on any atom is -0.353 e. The molecule has 98 valence electrons. The van der Waals surface area contributed by atoms with Crippen LogP contribution < -0.4 is 10.6 Å². The molecule has 0 aromatic heterocycles. The number of halogens is 1. The molecule has 2 N–H and O–H groups in total. The van der Waals surface area contributed by atoms with Crippen molar-refractivity contribution in [1.29, 1.82) is 0 Å². The Kier molecular flexibility index (Phi) is 4.31. The van der Waals surface area contributed by atoms with Crippen molar-refractivity contribution in [2.24, 2.45) is 5.92 Å². The molecule has 1 aromatic carbocycles. The highest BCUT2D eigenvalue weighted by molar-refractivity contribution is 5.79. The lowest BCUT2D eigenvalue weighted by molar-refractivity contribution is -0.125. The van der Waals surface area contributed by atoms with E-state index in [9.17, 15) is 9.18 Å². The zero-order valence-electron chi connectivity index (χ0n) is 10.6. The van der Waals surface area contributed by atoms with Gasteiger partial charge >= 0.3 is 0 Å². The Bertz CT molecular complexity index is 399. The van der Waals surface area contributed by atoms with Gasteiger partial charge in [0.05, 0.1) is 5.92 Å². The Labute approximate surface area is 107 Å². The average molecular weight is 250 g/mol. The molecular formula is C14H19FN2O. The van der Waals surface area contributed by atoms with Crippen LogP contribution in [0.4, 0.5) is 4.39 Å². The summed E-state index contributed by atoms with van der Waals surface area (Å²) in [4.78, 5) is 11.9. The number of carbonyl (C=O) groups excluding carboxylic acids is 1. The Balaban J connectivity index is 1.82. The number of rotatable bonds is 4. The molecule has 1 fully saturated rings. The molecule has 1 heterocycles. The summed E-state index contributed by atoms with van der Waals surface area (Å²) in [5.41, 5.74) is 1.04. The van der Waals surface area contributed by atoms with Crippen LogP contribution in [-0.2, 0) is 11.2 Å². The van der Waals surface area contributed by atoms with Gasteiger partial charge in [-0.15, -0.1) is 0 Å². The van der Waals surface area contributed by atoms with E-state index in [1.807, 2.05) is 6.92 Å². The van der Waals surface area contributed by atoms with Gasteiger partial charge in [0, 0.05) is 12.6 Å². The summed E-state index contributed by atoms with van der Waals surface area (Å²) in [5.74, 6) is -0.0113. The molecule has 1 aliphatic rings. The molecule has 2 atom stereocenters. The van der Waals surface area contributed by atoms with Gasteiger partial charge in [0.1, 0.15) is 5.82 Å². The molecule has 0 spiro atoms. The summed E-state index contributed by atoms with van der Waals surface area (Å²) in [6, 6.07) is 6.49. The fourth-order valence-electron chi connectivity index (χ4n) is 2.26.